The van der Waals surface area contributed by atoms with E-state index in [1.165, 1.54) is 66.3 Å². The molecule has 0 spiro atoms. The Morgan fingerprint density at radius 2 is 0.768 bits per heavy atom. The van der Waals surface area contributed by atoms with Crippen LogP contribution in [0.1, 0.15) is 0 Å². The fraction of sp³-hybridized carbons (Fsp3) is 0. The lowest BCUT2D eigenvalue weighted by molar-refractivity contribution is 1.18. The van der Waals surface area contributed by atoms with Crippen molar-refractivity contribution in [2.75, 3.05) is 4.90 Å². The Morgan fingerprint density at radius 3 is 1.34 bits per heavy atom. The zero-order valence-electron chi connectivity index (χ0n) is 30.8. The van der Waals surface area contributed by atoms with Gasteiger partial charge in [-0.25, -0.2) is 0 Å². The van der Waals surface area contributed by atoms with E-state index >= 15 is 0 Å². The summed E-state index contributed by atoms with van der Waals surface area (Å²) in [6, 6.07) is 83.0. The van der Waals surface area contributed by atoms with Gasteiger partial charge in [-0.05, 0) is 88.0 Å². The van der Waals surface area contributed by atoms with E-state index in [4.69, 9.17) is 0 Å². The molecule has 0 fully saturated rings. The number of hydrogen-bond acceptors (Lipinski definition) is 1. The third-order valence-electron chi connectivity index (χ3n) is 10.8. The van der Waals surface area contributed by atoms with Gasteiger partial charge in [-0.3, -0.25) is 0 Å². The molecule has 10 aromatic rings. The van der Waals surface area contributed by atoms with E-state index in [0.717, 1.165) is 22.7 Å². The molecule has 0 aliphatic rings. The largest absolute Gasteiger partial charge is 0.309 e. The van der Waals surface area contributed by atoms with E-state index in [2.05, 4.69) is 240 Å². The van der Waals surface area contributed by atoms with Crippen molar-refractivity contribution in [2.45, 2.75) is 0 Å². The average Bonchev–Trinajstić information content (AvgIpc) is 3.62. The summed E-state index contributed by atoms with van der Waals surface area (Å²) in [5.41, 5.74) is 16.4. The summed E-state index contributed by atoms with van der Waals surface area (Å²) in [4.78, 5) is 2.41. The monoisotopic (exact) mass is 714 g/mol. The molecule has 0 aliphatic carbocycles. The standard InChI is InChI=1S/C54H38N2/c1-5-18-40(19-6-1)46-26-13-15-29-50(46)55(51-30-16-14-27-47(51)41-20-7-2-8-21-41)45-35-32-39(33-36-45)43-34-37-52-49(38-43)54-48(42-22-9-3-10-23-42)28-17-31-53(54)56(52)44-24-11-4-12-25-44/h1-38H. The van der Waals surface area contributed by atoms with Crippen LogP contribution in [-0.2, 0) is 0 Å². The number of benzene rings is 9. The first-order valence-electron chi connectivity index (χ1n) is 19.2. The molecule has 1 heterocycles. The van der Waals surface area contributed by atoms with Crippen molar-refractivity contribution in [3.8, 4) is 50.2 Å². The van der Waals surface area contributed by atoms with Crippen LogP contribution in [0.15, 0.2) is 231 Å². The maximum atomic E-state index is 2.41. The van der Waals surface area contributed by atoms with Crippen molar-refractivity contribution in [3.05, 3.63) is 231 Å². The van der Waals surface area contributed by atoms with Crippen molar-refractivity contribution in [1.82, 2.24) is 4.57 Å². The van der Waals surface area contributed by atoms with Crippen LogP contribution in [0.5, 0.6) is 0 Å². The second-order valence-electron chi connectivity index (χ2n) is 14.1. The summed E-state index contributed by atoms with van der Waals surface area (Å²) >= 11 is 0. The predicted molar refractivity (Wildman–Crippen MR) is 237 cm³/mol. The van der Waals surface area contributed by atoms with Gasteiger partial charge in [0, 0.05) is 33.3 Å². The highest BCUT2D eigenvalue weighted by Gasteiger charge is 2.21. The maximum absolute atomic E-state index is 2.41. The molecule has 10 rings (SSSR count). The first-order valence-corrected chi connectivity index (χ1v) is 19.2. The second kappa shape index (κ2) is 14.4. The maximum Gasteiger partial charge on any atom is 0.0547 e. The van der Waals surface area contributed by atoms with Gasteiger partial charge >= 0.3 is 0 Å². The number of hydrogen-bond donors (Lipinski definition) is 0. The van der Waals surface area contributed by atoms with Crippen LogP contribution in [0.4, 0.5) is 17.1 Å². The number of para-hydroxylation sites is 3. The lowest BCUT2D eigenvalue weighted by atomic mass is 9.97. The minimum atomic E-state index is 1.09. The third kappa shape index (κ3) is 5.95. The molecule has 2 nitrogen and oxygen atoms in total. The van der Waals surface area contributed by atoms with Gasteiger partial charge < -0.3 is 9.47 Å². The van der Waals surface area contributed by atoms with Crippen molar-refractivity contribution in [1.29, 1.82) is 0 Å². The molecule has 0 atom stereocenters. The fourth-order valence-electron chi connectivity index (χ4n) is 8.24. The average molecular weight is 715 g/mol. The van der Waals surface area contributed by atoms with Gasteiger partial charge in [0.25, 0.3) is 0 Å². The molecular weight excluding hydrogens is 677 g/mol. The Bertz CT molecular complexity index is 2850. The van der Waals surface area contributed by atoms with Gasteiger partial charge in [-0.2, -0.15) is 0 Å². The van der Waals surface area contributed by atoms with Gasteiger partial charge in [0.1, 0.15) is 0 Å². The molecule has 0 amide bonds. The lowest BCUT2D eigenvalue weighted by Crippen LogP contribution is -2.12. The van der Waals surface area contributed by atoms with Crippen LogP contribution in [0.25, 0.3) is 72.0 Å². The first kappa shape index (κ1) is 33.2. The zero-order chi connectivity index (χ0) is 37.3. The Balaban J connectivity index is 1.14. The molecule has 0 saturated heterocycles. The summed E-state index contributed by atoms with van der Waals surface area (Å²) in [5, 5.41) is 2.50. The van der Waals surface area contributed by atoms with E-state index in [0.29, 0.717) is 0 Å². The van der Waals surface area contributed by atoms with E-state index in [-0.39, 0.29) is 0 Å². The van der Waals surface area contributed by atoms with Crippen LogP contribution in [0, 0.1) is 0 Å². The Kier molecular flexibility index (Phi) is 8.55. The van der Waals surface area contributed by atoms with Crippen molar-refractivity contribution < 1.29 is 0 Å². The highest BCUT2D eigenvalue weighted by molar-refractivity contribution is 6.16. The number of nitrogens with zero attached hydrogens (tertiary/aromatic N) is 2. The highest BCUT2D eigenvalue weighted by Crippen LogP contribution is 2.45. The van der Waals surface area contributed by atoms with Crippen LogP contribution in [0.3, 0.4) is 0 Å². The Labute approximate surface area is 327 Å². The summed E-state index contributed by atoms with van der Waals surface area (Å²) in [7, 11) is 0. The number of anilines is 3. The number of fused-ring (bicyclic) bond motifs is 3. The molecule has 0 N–H and O–H groups in total. The summed E-state index contributed by atoms with van der Waals surface area (Å²) in [6.45, 7) is 0. The quantitative estimate of drug-likeness (QED) is 0.152. The molecule has 2 heteroatoms. The lowest BCUT2D eigenvalue weighted by Gasteiger charge is -2.30. The van der Waals surface area contributed by atoms with Gasteiger partial charge in [0.2, 0.25) is 0 Å². The van der Waals surface area contributed by atoms with E-state index < -0.39 is 0 Å². The Morgan fingerprint density at radius 1 is 0.304 bits per heavy atom. The molecule has 0 radical (unpaired) electrons. The molecule has 0 unspecified atom stereocenters. The molecule has 0 saturated carbocycles. The normalized spacial score (nSPS) is 11.2. The Hall–Kier alpha value is -7.42. The summed E-state index contributed by atoms with van der Waals surface area (Å²) < 4.78 is 2.40. The fourth-order valence-corrected chi connectivity index (χ4v) is 8.24. The minimum absolute atomic E-state index is 1.09. The molecule has 0 bridgehead atoms. The number of rotatable bonds is 8. The number of aromatic nitrogens is 1. The van der Waals surface area contributed by atoms with Gasteiger partial charge in [-0.15, -0.1) is 0 Å². The van der Waals surface area contributed by atoms with Crippen LogP contribution in [-0.4, -0.2) is 4.57 Å². The van der Waals surface area contributed by atoms with Crippen LogP contribution < -0.4 is 4.90 Å². The van der Waals surface area contributed by atoms with Gasteiger partial charge in [-0.1, -0.05) is 176 Å². The zero-order valence-corrected chi connectivity index (χ0v) is 30.8. The smallest absolute Gasteiger partial charge is 0.0547 e. The molecule has 56 heavy (non-hydrogen) atoms. The topological polar surface area (TPSA) is 8.17 Å². The molecule has 1 aromatic heterocycles. The SMILES string of the molecule is c1ccc(-c2ccccc2N(c2ccc(-c3ccc4c(c3)c3c(-c5ccccc5)cccc3n4-c3ccccc3)cc2)c2ccccc2-c2ccccc2)cc1. The molecule has 264 valence electrons. The van der Waals surface area contributed by atoms with Crippen molar-refractivity contribution in [3.63, 3.8) is 0 Å². The van der Waals surface area contributed by atoms with Gasteiger partial charge in [0.05, 0.1) is 22.4 Å². The molecule has 9 aromatic carbocycles. The summed E-state index contributed by atoms with van der Waals surface area (Å²) in [6.07, 6.45) is 0. The predicted octanol–water partition coefficient (Wildman–Crippen LogP) is 14.9. The van der Waals surface area contributed by atoms with Crippen molar-refractivity contribution in [2.24, 2.45) is 0 Å². The molecule has 0 aliphatic heterocycles. The highest BCUT2D eigenvalue weighted by atomic mass is 15.1. The van der Waals surface area contributed by atoms with E-state index in [9.17, 15) is 0 Å². The molecular formula is C54H38N2. The van der Waals surface area contributed by atoms with E-state index in [1.807, 2.05) is 0 Å². The van der Waals surface area contributed by atoms with E-state index in [1.54, 1.807) is 0 Å². The minimum Gasteiger partial charge on any atom is -0.309 e. The second-order valence-corrected chi connectivity index (χ2v) is 14.1. The van der Waals surface area contributed by atoms with Crippen LogP contribution in [0.2, 0.25) is 0 Å². The third-order valence-corrected chi connectivity index (χ3v) is 10.8. The summed E-state index contributed by atoms with van der Waals surface area (Å²) in [5.74, 6) is 0. The first-order chi connectivity index (χ1) is 27.8. The van der Waals surface area contributed by atoms with Crippen LogP contribution >= 0.6 is 0 Å². The van der Waals surface area contributed by atoms with Crippen molar-refractivity contribution >= 4 is 38.9 Å². The van der Waals surface area contributed by atoms with Gasteiger partial charge in [0.15, 0.2) is 0 Å².